The monoisotopic (exact) mass is 241 g/mol. The third kappa shape index (κ3) is 2.50. The molecule has 0 aromatic carbocycles. The summed E-state index contributed by atoms with van der Waals surface area (Å²) in [6, 6.07) is 0. The maximum absolute atomic E-state index is 6.08. The highest BCUT2D eigenvalue weighted by Crippen LogP contribution is 2.60. The van der Waals surface area contributed by atoms with Gasteiger partial charge in [-0.1, -0.05) is 22.5 Å². The van der Waals surface area contributed by atoms with Crippen molar-refractivity contribution in [2.45, 2.75) is 58.0 Å². The highest BCUT2D eigenvalue weighted by Gasteiger charge is 2.44. The van der Waals surface area contributed by atoms with Crippen molar-refractivity contribution in [1.82, 2.24) is 4.67 Å². The molecule has 1 nitrogen and oxygen atoms in total. The lowest BCUT2D eigenvalue weighted by atomic mass is 9.83. The smallest absolute Gasteiger partial charge is 0.160 e. The molecule has 0 bridgehead atoms. The molecule has 0 amide bonds. The van der Waals surface area contributed by atoms with Gasteiger partial charge in [-0.15, -0.1) is 0 Å². The number of nitrogens with zero attached hydrogens (tertiary/aromatic N) is 1. The Balaban J connectivity index is 2.91. The molecule has 1 rings (SSSR count). The van der Waals surface area contributed by atoms with Gasteiger partial charge in [-0.3, -0.25) is 0 Å². The van der Waals surface area contributed by atoms with E-state index in [0.717, 1.165) is 0 Å². The predicted octanol–water partition coefficient (Wildman–Crippen LogP) is 4.73. The fraction of sp³-hybridized carbons (Fsp3) is 1.00. The van der Waals surface area contributed by atoms with Gasteiger partial charge in [0.2, 0.25) is 0 Å². The van der Waals surface area contributed by atoms with Crippen molar-refractivity contribution in [3.63, 3.8) is 0 Å². The van der Waals surface area contributed by atoms with Gasteiger partial charge < -0.3 is 0 Å². The van der Waals surface area contributed by atoms with Crippen LogP contribution in [0.15, 0.2) is 0 Å². The summed E-state index contributed by atoms with van der Waals surface area (Å²) in [5, 5.41) is 0. The van der Waals surface area contributed by atoms with Crippen LogP contribution in [-0.4, -0.2) is 15.7 Å². The molecule has 1 saturated heterocycles. The maximum Gasteiger partial charge on any atom is 0.160 e. The number of piperidine rings is 1. The third-order valence-corrected chi connectivity index (χ3v) is 5.17. The van der Waals surface area contributed by atoms with Gasteiger partial charge in [-0.05, 0) is 47.0 Å². The van der Waals surface area contributed by atoms with E-state index in [-0.39, 0.29) is 11.1 Å². The fourth-order valence-electron chi connectivity index (χ4n) is 2.39. The molecule has 0 radical (unpaired) electrons. The van der Waals surface area contributed by atoms with E-state index in [1.54, 1.807) is 0 Å². The van der Waals surface area contributed by atoms with Crippen molar-refractivity contribution in [3.05, 3.63) is 0 Å². The summed E-state index contributed by atoms with van der Waals surface area (Å²) in [5.41, 5.74) is 0.300. The first-order valence-corrected chi connectivity index (χ1v) is 7.80. The molecule has 4 heteroatoms. The number of halogens is 2. The van der Waals surface area contributed by atoms with Crippen LogP contribution < -0.4 is 0 Å². The minimum atomic E-state index is -1.02. The van der Waals surface area contributed by atoms with Crippen LogP contribution in [0.4, 0.5) is 0 Å². The summed E-state index contributed by atoms with van der Waals surface area (Å²) in [5.74, 6) is 0. The van der Waals surface area contributed by atoms with Crippen molar-refractivity contribution in [2.75, 3.05) is 0 Å². The van der Waals surface area contributed by atoms with Crippen molar-refractivity contribution in [1.29, 1.82) is 0 Å². The van der Waals surface area contributed by atoms with Gasteiger partial charge in [-0.25, -0.2) is 4.67 Å². The molecule has 0 saturated carbocycles. The molecule has 0 N–H and O–H groups in total. The van der Waals surface area contributed by atoms with Gasteiger partial charge in [0.15, 0.2) is 6.78 Å². The van der Waals surface area contributed by atoms with Crippen LogP contribution in [0.5, 0.6) is 0 Å². The van der Waals surface area contributed by atoms with Crippen LogP contribution in [0.2, 0.25) is 0 Å². The van der Waals surface area contributed by atoms with Crippen LogP contribution in [0.25, 0.3) is 0 Å². The Morgan fingerprint density at radius 2 is 1.38 bits per heavy atom. The average Bonchev–Trinajstić information content (AvgIpc) is 1.79. The van der Waals surface area contributed by atoms with Gasteiger partial charge in [0.05, 0.1) is 0 Å². The second-order valence-electron chi connectivity index (χ2n) is 5.01. The van der Waals surface area contributed by atoms with E-state index in [9.17, 15) is 0 Å². The van der Waals surface area contributed by atoms with Crippen molar-refractivity contribution in [3.8, 4) is 0 Å². The largest absolute Gasteiger partial charge is 0.246 e. The van der Waals surface area contributed by atoms with Gasteiger partial charge in [0.25, 0.3) is 0 Å². The molecule has 0 aliphatic carbocycles. The molecule has 1 aliphatic heterocycles. The Labute approximate surface area is 92.2 Å². The lowest BCUT2D eigenvalue weighted by Gasteiger charge is -2.52. The van der Waals surface area contributed by atoms with Crippen molar-refractivity contribution in [2.24, 2.45) is 0 Å². The van der Waals surface area contributed by atoms with Crippen LogP contribution in [0.3, 0.4) is 0 Å². The minimum Gasteiger partial charge on any atom is -0.246 e. The Morgan fingerprint density at radius 3 is 1.62 bits per heavy atom. The average molecular weight is 242 g/mol. The summed E-state index contributed by atoms with van der Waals surface area (Å²) in [6.45, 7) is 7.90. The van der Waals surface area contributed by atoms with E-state index in [1.807, 2.05) is 0 Å². The molecule has 0 aromatic rings. The zero-order valence-corrected chi connectivity index (χ0v) is 11.2. The second kappa shape index (κ2) is 3.85. The molecule has 13 heavy (non-hydrogen) atoms. The number of hydrogen-bond donors (Lipinski definition) is 0. The normalized spacial score (nSPS) is 27.9. The molecular weight excluding hydrogens is 224 g/mol. The van der Waals surface area contributed by atoms with Crippen LogP contribution in [0.1, 0.15) is 47.0 Å². The van der Waals surface area contributed by atoms with Gasteiger partial charge in [-0.2, -0.15) is 0 Å². The van der Waals surface area contributed by atoms with Crippen LogP contribution in [0, 0.1) is 0 Å². The Morgan fingerprint density at radius 1 is 1.00 bits per heavy atom. The quantitative estimate of drug-likeness (QED) is 0.600. The minimum absolute atomic E-state index is 0.150. The highest BCUT2D eigenvalue weighted by atomic mass is 35.9. The zero-order chi connectivity index (χ0) is 10.3. The third-order valence-electron chi connectivity index (χ3n) is 2.88. The van der Waals surface area contributed by atoms with E-state index in [4.69, 9.17) is 22.5 Å². The first kappa shape index (κ1) is 12.0. The summed E-state index contributed by atoms with van der Waals surface area (Å²) >= 11 is 12.2. The topological polar surface area (TPSA) is 3.24 Å². The SMILES string of the molecule is CC1(C)CCCC(C)(C)N1P(Cl)Cl. The Kier molecular flexibility index (Phi) is 3.57. The standard InChI is InChI=1S/C9H18Cl2NP/c1-8(2)6-5-7-9(3,4)12(8)13(10)11/h5-7H2,1-4H3. The van der Waals surface area contributed by atoms with Gasteiger partial charge in [0.1, 0.15) is 0 Å². The summed E-state index contributed by atoms with van der Waals surface area (Å²) in [4.78, 5) is 0. The fourth-order valence-corrected chi connectivity index (χ4v) is 5.87. The zero-order valence-electron chi connectivity index (χ0n) is 8.77. The molecule has 1 aliphatic rings. The van der Waals surface area contributed by atoms with Gasteiger partial charge in [0, 0.05) is 11.1 Å². The van der Waals surface area contributed by atoms with E-state index < -0.39 is 6.78 Å². The number of hydrogen-bond acceptors (Lipinski definition) is 1. The van der Waals surface area contributed by atoms with Crippen molar-refractivity contribution >= 4 is 29.3 Å². The van der Waals surface area contributed by atoms with E-state index in [0.29, 0.717) is 0 Å². The highest BCUT2D eigenvalue weighted by molar-refractivity contribution is 8.02. The van der Waals surface area contributed by atoms with E-state index in [1.165, 1.54) is 19.3 Å². The molecule has 0 unspecified atom stereocenters. The summed E-state index contributed by atoms with van der Waals surface area (Å²) in [7, 11) is 0. The summed E-state index contributed by atoms with van der Waals surface area (Å²) < 4.78 is 2.28. The molecule has 0 spiro atoms. The summed E-state index contributed by atoms with van der Waals surface area (Å²) in [6.07, 6.45) is 3.65. The number of rotatable bonds is 1. The maximum atomic E-state index is 6.08. The van der Waals surface area contributed by atoms with E-state index >= 15 is 0 Å². The molecule has 1 fully saturated rings. The first-order chi connectivity index (χ1) is 5.77. The second-order valence-corrected chi connectivity index (χ2v) is 8.28. The Hall–Kier alpha value is 0.970. The molecule has 0 aromatic heterocycles. The molecule has 1 heterocycles. The first-order valence-electron chi connectivity index (χ1n) is 4.69. The predicted molar refractivity (Wildman–Crippen MR) is 62.5 cm³/mol. The van der Waals surface area contributed by atoms with Crippen LogP contribution >= 0.6 is 29.3 Å². The van der Waals surface area contributed by atoms with Crippen molar-refractivity contribution < 1.29 is 0 Å². The van der Waals surface area contributed by atoms with Crippen LogP contribution in [-0.2, 0) is 0 Å². The van der Waals surface area contributed by atoms with Gasteiger partial charge >= 0.3 is 0 Å². The molecule has 0 atom stereocenters. The molecular formula is C9H18Cl2NP. The Bertz CT molecular complexity index is 176. The lowest BCUT2D eigenvalue weighted by molar-refractivity contribution is 0.0642. The van der Waals surface area contributed by atoms with E-state index in [2.05, 4.69) is 32.4 Å². The lowest BCUT2D eigenvalue weighted by Crippen LogP contribution is -2.54. The molecule has 78 valence electrons.